The van der Waals surface area contributed by atoms with E-state index in [4.69, 9.17) is 4.74 Å². The van der Waals surface area contributed by atoms with Crippen molar-refractivity contribution in [3.05, 3.63) is 64.9 Å². The van der Waals surface area contributed by atoms with Crippen molar-refractivity contribution in [2.24, 2.45) is 0 Å². The second-order valence-corrected chi connectivity index (χ2v) is 12.6. The number of carbonyl (C=O) groups excluding carboxylic acids is 1. The number of fused-ring (bicyclic) bond motifs is 1. The molecule has 3 aromatic rings. The summed E-state index contributed by atoms with van der Waals surface area (Å²) in [6, 6.07) is 8.13. The van der Waals surface area contributed by atoms with Crippen molar-refractivity contribution in [3.63, 3.8) is 0 Å². The van der Waals surface area contributed by atoms with Gasteiger partial charge < -0.3 is 25.6 Å². The van der Waals surface area contributed by atoms with Crippen LogP contribution in [0.25, 0.3) is 0 Å². The molecule has 6 rings (SSSR count). The van der Waals surface area contributed by atoms with E-state index >= 15 is 0 Å². The number of rotatable bonds is 7. The Kier molecular flexibility index (Phi) is 8.12. The van der Waals surface area contributed by atoms with E-state index in [1.54, 1.807) is 6.07 Å². The normalized spacial score (nSPS) is 18.5. The highest BCUT2D eigenvalue weighted by atomic mass is 32.2. The van der Waals surface area contributed by atoms with Crippen molar-refractivity contribution >= 4 is 33.1 Å². The molecule has 0 aliphatic carbocycles. The minimum Gasteiger partial charge on any atom is -0.382 e. The van der Waals surface area contributed by atoms with Crippen molar-refractivity contribution in [1.82, 2.24) is 19.8 Å². The highest BCUT2D eigenvalue weighted by Crippen LogP contribution is 2.31. The monoisotopic (exact) mass is 601 g/mol. The molecule has 0 radical (unpaired) electrons. The largest absolute Gasteiger partial charge is 0.382 e. The van der Waals surface area contributed by atoms with Gasteiger partial charge in [0.1, 0.15) is 11.6 Å². The van der Waals surface area contributed by atoms with Gasteiger partial charge in [0.2, 0.25) is 10.0 Å². The number of sulfonamides is 1. The van der Waals surface area contributed by atoms with E-state index in [0.29, 0.717) is 48.2 Å². The first-order valence-electron chi connectivity index (χ1n) is 14.1. The lowest BCUT2D eigenvalue weighted by Crippen LogP contribution is -2.37. The van der Waals surface area contributed by atoms with Crippen LogP contribution in [0.3, 0.4) is 0 Å². The van der Waals surface area contributed by atoms with Gasteiger partial charge in [-0.2, -0.15) is 9.40 Å². The number of aromatic nitrogens is 2. The average Bonchev–Trinajstić information content (AvgIpc) is 3.39. The van der Waals surface area contributed by atoms with Gasteiger partial charge in [-0.15, -0.1) is 0 Å². The topological polar surface area (TPSA) is 132 Å². The van der Waals surface area contributed by atoms with Crippen LogP contribution in [-0.4, -0.2) is 80.8 Å². The summed E-state index contributed by atoms with van der Waals surface area (Å²) >= 11 is 0. The second-order valence-electron chi connectivity index (χ2n) is 10.7. The molecule has 1 amide bonds. The van der Waals surface area contributed by atoms with Crippen LogP contribution < -0.4 is 20.9 Å². The summed E-state index contributed by atoms with van der Waals surface area (Å²) in [7, 11) is -4.19. The minimum atomic E-state index is -4.19. The van der Waals surface area contributed by atoms with Crippen LogP contribution in [0.2, 0.25) is 0 Å². The summed E-state index contributed by atoms with van der Waals surface area (Å²) in [5, 5.41) is 17.0. The fourth-order valence-corrected chi connectivity index (χ4v) is 7.09. The highest BCUT2D eigenvalue weighted by Gasteiger charge is 2.32. The van der Waals surface area contributed by atoms with E-state index in [0.717, 1.165) is 61.1 Å². The average molecular weight is 602 g/mol. The zero-order valence-electron chi connectivity index (χ0n) is 23.0. The molecule has 3 aliphatic rings. The van der Waals surface area contributed by atoms with E-state index in [2.05, 4.69) is 31.0 Å². The van der Waals surface area contributed by atoms with E-state index in [1.165, 1.54) is 0 Å². The molecule has 0 saturated carbocycles. The Hall–Kier alpha value is -3.59. The molecule has 0 bridgehead atoms. The number of benzene rings is 2. The molecule has 42 heavy (non-hydrogen) atoms. The summed E-state index contributed by atoms with van der Waals surface area (Å²) < 4.78 is 60.7. The minimum absolute atomic E-state index is 0.0936. The Bertz CT molecular complexity index is 1550. The van der Waals surface area contributed by atoms with Crippen molar-refractivity contribution in [1.29, 1.82) is 0 Å². The number of aromatic amines is 1. The molecule has 0 unspecified atom stereocenters. The summed E-state index contributed by atoms with van der Waals surface area (Å²) in [5.41, 5.74) is 3.35. The standard InChI is InChI=1S/C28H33F2N7O4S/c29-18-13-19(30)15-22(14-18)42(39,40)37-8-5-25-24(17-37)27(35-34-25)33-28(38)23-2-1-21(36-9-11-41-12-10-36)16-26(23)32-20-3-6-31-7-4-20/h1-2,13-16,20,31-32H,3-12,17H2,(H2,33,34,35,38). The predicted molar refractivity (Wildman–Crippen MR) is 153 cm³/mol. The van der Waals surface area contributed by atoms with Crippen LogP contribution >= 0.6 is 0 Å². The molecule has 1 aromatic heterocycles. The zero-order chi connectivity index (χ0) is 29.3. The number of morpholine rings is 1. The SMILES string of the molecule is O=C(Nc1n[nH]c2c1CN(S(=O)(=O)c1cc(F)cc(F)c1)CC2)c1ccc(N2CCOCC2)cc1NC1CCNCC1. The van der Waals surface area contributed by atoms with Crippen LogP contribution in [0, 0.1) is 11.6 Å². The Morgan fingerprint density at radius 1 is 1.02 bits per heavy atom. The van der Waals surface area contributed by atoms with Crippen molar-refractivity contribution in [2.75, 3.05) is 61.5 Å². The third-order valence-corrected chi connectivity index (χ3v) is 9.75. The van der Waals surface area contributed by atoms with Gasteiger partial charge in [0, 0.05) is 67.3 Å². The lowest BCUT2D eigenvalue weighted by Gasteiger charge is -2.31. The van der Waals surface area contributed by atoms with Gasteiger partial charge in [-0.1, -0.05) is 0 Å². The van der Waals surface area contributed by atoms with Gasteiger partial charge in [-0.05, 0) is 56.3 Å². The van der Waals surface area contributed by atoms with Gasteiger partial charge in [0.25, 0.3) is 5.91 Å². The Balaban J connectivity index is 1.24. The number of halogens is 2. The molecule has 3 aliphatic heterocycles. The molecule has 0 atom stereocenters. The van der Waals surface area contributed by atoms with Crippen molar-refractivity contribution in [2.45, 2.75) is 36.7 Å². The number of ether oxygens (including phenoxy) is 1. The third kappa shape index (κ3) is 5.98. The maximum Gasteiger partial charge on any atom is 0.258 e. The van der Waals surface area contributed by atoms with E-state index in [-0.39, 0.29) is 30.9 Å². The fraction of sp³-hybridized carbons (Fsp3) is 0.429. The van der Waals surface area contributed by atoms with Gasteiger partial charge in [0.15, 0.2) is 5.82 Å². The number of H-pyrrole nitrogens is 1. The lowest BCUT2D eigenvalue weighted by molar-refractivity contribution is 0.102. The van der Waals surface area contributed by atoms with Crippen LogP contribution in [0.1, 0.15) is 34.5 Å². The summed E-state index contributed by atoms with van der Waals surface area (Å²) in [6.45, 7) is 4.58. The Labute approximate surface area is 242 Å². The van der Waals surface area contributed by atoms with Crippen LogP contribution in [0.15, 0.2) is 41.3 Å². The molecule has 224 valence electrons. The summed E-state index contributed by atoms with van der Waals surface area (Å²) in [5.74, 6) is -2.13. The Morgan fingerprint density at radius 3 is 2.50 bits per heavy atom. The van der Waals surface area contributed by atoms with Gasteiger partial charge in [-0.3, -0.25) is 9.89 Å². The number of hydrogen-bond acceptors (Lipinski definition) is 8. The first-order chi connectivity index (χ1) is 20.3. The van der Waals surface area contributed by atoms with Crippen LogP contribution in [0.5, 0.6) is 0 Å². The quantitative estimate of drug-likeness (QED) is 0.325. The molecule has 4 heterocycles. The number of nitrogens with one attached hydrogen (secondary N) is 4. The number of carbonyl (C=O) groups is 1. The molecule has 2 fully saturated rings. The third-order valence-electron chi connectivity index (χ3n) is 7.93. The first-order valence-corrected chi connectivity index (χ1v) is 15.5. The number of anilines is 3. The molecular weight excluding hydrogens is 568 g/mol. The highest BCUT2D eigenvalue weighted by molar-refractivity contribution is 7.89. The van der Waals surface area contributed by atoms with Crippen molar-refractivity contribution < 1.29 is 26.7 Å². The fourth-order valence-electron chi connectivity index (χ4n) is 5.63. The summed E-state index contributed by atoms with van der Waals surface area (Å²) in [4.78, 5) is 15.4. The number of amides is 1. The van der Waals surface area contributed by atoms with Crippen molar-refractivity contribution in [3.8, 4) is 0 Å². The summed E-state index contributed by atoms with van der Waals surface area (Å²) in [6.07, 6.45) is 2.15. The molecule has 14 heteroatoms. The molecule has 2 aromatic carbocycles. The molecular formula is C28H33F2N7O4S. The Morgan fingerprint density at radius 2 is 1.76 bits per heavy atom. The molecule has 0 spiro atoms. The molecule has 2 saturated heterocycles. The number of nitrogens with zero attached hydrogens (tertiary/aromatic N) is 3. The molecule has 4 N–H and O–H groups in total. The molecule has 11 nitrogen and oxygen atoms in total. The second kappa shape index (κ2) is 12.0. The smallest absolute Gasteiger partial charge is 0.258 e. The maximum absolute atomic E-state index is 13.8. The van der Waals surface area contributed by atoms with E-state index < -0.39 is 26.6 Å². The van der Waals surface area contributed by atoms with Crippen LogP contribution in [0.4, 0.5) is 26.0 Å². The van der Waals surface area contributed by atoms with E-state index in [9.17, 15) is 22.0 Å². The van der Waals surface area contributed by atoms with Crippen LogP contribution in [-0.2, 0) is 27.7 Å². The van der Waals surface area contributed by atoms with Gasteiger partial charge in [0.05, 0.1) is 23.7 Å². The first kappa shape index (κ1) is 28.5. The predicted octanol–water partition coefficient (Wildman–Crippen LogP) is 2.69. The van der Waals surface area contributed by atoms with Gasteiger partial charge in [-0.25, -0.2) is 17.2 Å². The lowest BCUT2D eigenvalue weighted by atomic mass is 10.0. The zero-order valence-corrected chi connectivity index (χ0v) is 23.8. The maximum atomic E-state index is 13.8. The number of piperidine rings is 1. The number of hydrogen-bond donors (Lipinski definition) is 4. The van der Waals surface area contributed by atoms with Gasteiger partial charge >= 0.3 is 0 Å². The van der Waals surface area contributed by atoms with E-state index in [1.807, 2.05) is 12.1 Å².